The third-order valence-corrected chi connectivity index (χ3v) is 7.27. The summed E-state index contributed by atoms with van der Waals surface area (Å²) >= 11 is 0. The van der Waals surface area contributed by atoms with Crippen molar-refractivity contribution in [2.24, 2.45) is 0 Å². The van der Waals surface area contributed by atoms with Gasteiger partial charge >= 0.3 is 5.97 Å². The highest BCUT2D eigenvalue weighted by Gasteiger charge is 2.32. The zero-order chi connectivity index (χ0) is 27.1. The standard InChI is InChI=1S/C33H41N3O2/c1-6-38-32(37)33(4,5)27-12-13-30-29(21-27)28(31(36-30)26-19-23(2)18-24(3)20-26)14-17-34-15-8-7-10-25-11-9-16-35-22-25/h9,11-13,16,18-22,34,36H,6-8,10,14-15,17H2,1-5H3. The lowest BCUT2D eigenvalue weighted by Gasteiger charge is -2.23. The quantitative estimate of drug-likeness (QED) is 0.161. The summed E-state index contributed by atoms with van der Waals surface area (Å²) in [6, 6.07) is 17.2. The van der Waals surface area contributed by atoms with Crippen molar-refractivity contribution in [3.63, 3.8) is 0 Å². The van der Waals surface area contributed by atoms with Gasteiger partial charge < -0.3 is 15.0 Å². The highest BCUT2D eigenvalue weighted by molar-refractivity contribution is 5.93. The van der Waals surface area contributed by atoms with E-state index in [1.54, 1.807) is 0 Å². The van der Waals surface area contributed by atoms with Crippen molar-refractivity contribution in [1.29, 1.82) is 0 Å². The molecule has 2 aromatic carbocycles. The van der Waals surface area contributed by atoms with E-state index in [0.717, 1.165) is 55.5 Å². The number of rotatable bonds is 12. The Labute approximate surface area is 227 Å². The fourth-order valence-electron chi connectivity index (χ4n) is 5.15. The van der Waals surface area contributed by atoms with Crippen LogP contribution in [0.25, 0.3) is 22.2 Å². The molecule has 0 unspecified atom stereocenters. The summed E-state index contributed by atoms with van der Waals surface area (Å²) in [5.41, 5.74) is 8.80. The monoisotopic (exact) mass is 511 g/mol. The fraction of sp³-hybridized carbons (Fsp3) is 0.394. The van der Waals surface area contributed by atoms with Gasteiger partial charge in [-0.3, -0.25) is 9.78 Å². The Morgan fingerprint density at radius 2 is 1.79 bits per heavy atom. The van der Waals surface area contributed by atoms with Gasteiger partial charge in [0, 0.05) is 29.0 Å². The van der Waals surface area contributed by atoms with Gasteiger partial charge in [-0.1, -0.05) is 29.3 Å². The van der Waals surface area contributed by atoms with Crippen LogP contribution >= 0.6 is 0 Å². The second kappa shape index (κ2) is 12.4. The number of ether oxygens (including phenoxy) is 1. The van der Waals surface area contributed by atoms with Crippen molar-refractivity contribution in [3.05, 3.63) is 88.7 Å². The van der Waals surface area contributed by atoms with Crippen LogP contribution in [0.4, 0.5) is 0 Å². The molecule has 4 aromatic rings. The number of nitrogens with zero attached hydrogens (tertiary/aromatic N) is 1. The molecular weight excluding hydrogens is 470 g/mol. The molecule has 0 amide bonds. The highest BCUT2D eigenvalue weighted by Crippen LogP contribution is 2.35. The molecule has 2 N–H and O–H groups in total. The summed E-state index contributed by atoms with van der Waals surface area (Å²) in [5.74, 6) is -0.195. The number of carbonyl (C=O) groups excluding carboxylic acids is 1. The number of aromatic nitrogens is 2. The summed E-state index contributed by atoms with van der Waals surface area (Å²) in [6.45, 7) is 12.3. The largest absolute Gasteiger partial charge is 0.465 e. The van der Waals surface area contributed by atoms with Gasteiger partial charge in [-0.05, 0) is 126 Å². The van der Waals surface area contributed by atoms with Crippen LogP contribution in [0.15, 0.2) is 60.9 Å². The van der Waals surface area contributed by atoms with E-state index in [4.69, 9.17) is 4.74 Å². The summed E-state index contributed by atoms with van der Waals surface area (Å²) in [6.07, 6.45) is 8.01. The molecule has 0 atom stereocenters. The van der Waals surface area contributed by atoms with Crippen LogP contribution in [0.1, 0.15) is 61.4 Å². The van der Waals surface area contributed by atoms with Gasteiger partial charge in [0.25, 0.3) is 0 Å². The van der Waals surface area contributed by atoms with Crippen LogP contribution in [0.2, 0.25) is 0 Å². The van der Waals surface area contributed by atoms with Crippen molar-refractivity contribution in [1.82, 2.24) is 15.3 Å². The normalized spacial score (nSPS) is 11.7. The minimum Gasteiger partial charge on any atom is -0.465 e. The number of aromatic amines is 1. The highest BCUT2D eigenvalue weighted by atomic mass is 16.5. The topological polar surface area (TPSA) is 67.0 Å². The molecule has 0 fully saturated rings. The Kier molecular flexibility index (Phi) is 9.01. The SMILES string of the molecule is CCOC(=O)C(C)(C)c1ccc2[nH]c(-c3cc(C)cc(C)c3)c(CCNCCCCc3cccnc3)c2c1. The Morgan fingerprint density at radius 3 is 2.50 bits per heavy atom. The molecule has 0 aliphatic rings. The number of pyridine rings is 1. The van der Waals surface area contributed by atoms with Crippen molar-refractivity contribution in [2.45, 2.75) is 65.7 Å². The maximum Gasteiger partial charge on any atom is 0.315 e. The average Bonchev–Trinajstić information content (AvgIpc) is 3.26. The first-order valence-corrected chi connectivity index (χ1v) is 13.8. The predicted octanol–water partition coefficient (Wildman–Crippen LogP) is 6.84. The summed E-state index contributed by atoms with van der Waals surface area (Å²) in [4.78, 5) is 20.6. The number of carbonyl (C=O) groups is 1. The number of esters is 1. The molecule has 5 nitrogen and oxygen atoms in total. The van der Waals surface area contributed by atoms with Gasteiger partial charge in [-0.25, -0.2) is 0 Å². The van der Waals surface area contributed by atoms with E-state index in [9.17, 15) is 4.79 Å². The number of aryl methyl sites for hydroxylation is 3. The maximum absolute atomic E-state index is 12.7. The molecule has 0 saturated heterocycles. The van der Waals surface area contributed by atoms with E-state index in [1.165, 1.54) is 33.2 Å². The van der Waals surface area contributed by atoms with Crippen molar-refractivity contribution < 1.29 is 9.53 Å². The van der Waals surface area contributed by atoms with Crippen LogP contribution in [0.5, 0.6) is 0 Å². The van der Waals surface area contributed by atoms with Gasteiger partial charge in [-0.15, -0.1) is 0 Å². The van der Waals surface area contributed by atoms with Crippen LogP contribution in [0.3, 0.4) is 0 Å². The second-order valence-electron chi connectivity index (χ2n) is 10.8. The van der Waals surface area contributed by atoms with Gasteiger partial charge in [0.15, 0.2) is 0 Å². The third kappa shape index (κ3) is 6.51. The predicted molar refractivity (Wildman–Crippen MR) is 157 cm³/mol. The molecule has 0 aliphatic heterocycles. The molecule has 2 aromatic heterocycles. The molecule has 0 aliphatic carbocycles. The lowest BCUT2D eigenvalue weighted by Crippen LogP contribution is -2.31. The van der Waals surface area contributed by atoms with E-state index in [1.807, 2.05) is 45.3 Å². The smallest absolute Gasteiger partial charge is 0.315 e. The number of unbranched alkanes of at least 4 members (excludes halogenated alkanes) is 1. The number of benzene rings is 2. The van der Waals surface area contributed by atoms with Crippen LogP contribution in [0, 0.1) is 13.8 Å². The van der Waals surface area contributed by atoms with Crippen LogP contribution in [-0.4, -0.2) is 35.6 Å². The summed E-state index contributed by atoms with van der Waals surface area (Å²) < 4.78 is 5.38. The molecule has 2 heterocycles. The van der Waals surface area contributed by atoms with E-state index in [0.29, 0.717) is 6.61 Å². The Morgan fingerprint density at radius 1 is 1.00 bits per heavy atom. The lowest BCUT2D eigenvalue weighted by atomic mass is 9.83. The van der Waals surface area contributed by atoms with Crippen LogP contribution < -0.4 is 5.32 Å². The second-order valence-corrected chi connectivity index (χ2v) is 10.8. The van der Waals surface area contributed by atoms with Gasteiger partial charge in [0.2, 0.25) is 0 Å². The van der Waals surface area contributed by atoms with E-state index >= 15 is 0 Å². The maximum atomic E-state index is 12.7. The van der Waals surface area contributed by atoms with Crippen molar-refractivity contribution >= 4 is 16.9 Å². The molecule has 5 heteroatoms. The molecule has 0 bridgehead atoms. The Bertz CT molecular complexity index is 1350. The third-order valence-electron chi connectivity index (χ3n) is 7.27. The molecule has 0 saturated carbocycles. The number of fused-ring (bicyclic) bond motifs is 1. The molecule has 200 valence electrons. The summed E-state index contributed by atoms with van der Waals surface area (Å²) in [7, 11) is 0. The fourth-order valence-corrected chi connectivity index (χ4v) is 5.15. The number of H-pyrrole nitrogens is 1. The molecular formula is C33H41N3O2. The minimum absolute atomic E-state index is 0.195. The van der Waals surface area contributed by atoms with E-state index in [-0.39, 0.29) is 5.97 Å². The Hall–Kier alpha value is -3.44. The summed E-state index contributed by atoms with van der Waals surface area (Å²) in [5, 5.41) is 4.83. The zero-order valence-corrected chi connectivity index (χ0v) is 23.5. The van der Waals surface area contributed by atoms with Gasteiger partial charge in [0.05, 0.1) is 12.0 Å². The first-order valence-electron chi connectivity index (χ1n) is 13.8. The van der Waals surface area contributed by atoms with E-state index in [2.05, 4.69) is 65.5 Å². The van der Waals surface area contributed by atoms with Crippen LogP contribution in [-0.2, 0) is 27.8 Å². The number of hydrogen-bond acceptors (Lipinski definition) is 4. The molecule has 0 radical (unpaired) electrons. The minimum atomic E-state index is -0.717. The molecule has 38 heavy (non-hydrogen) atoms. The van der Waals surface area contributed by atoms with Crippen molar-refractivity contribution in [2.75, 3.05) is 19.7 Å². The average molecular weight is 512 g/mol. The number of hydrogen-bond donors (Lipinski definition) is 2. The number of nitrogens with one attached hydrogen (secondary N) is 2. The van der Waals surface area contributed by atoms with Gasteiger partial charge in [0.1, 0.15) is 0 Å². The zero-order valence-electron chi connectivity index (χ0n) is 23.5. The first kappa shape index (κ1) is 27.6. The van der Waals surface area contributed by atoms with E-state index < -0.39 is 5.41 Å². The Balaban J connectivity index is 1.54. The van der Waals surface area contributed by atoms with Crippen molar-refractivity contribution in [3.8, 4) is 11.3 Å². The molecule has 0 spiro atoms. The molecule has 4 rings (SSSR count). The lowest BCUT2D eigenvalue weighted by molar-refractivity contribution is -0.148. The van der Waals surface area contributed by atoms with Gasteiger partial charge in [-0.2, -0.15) is 0 Å². The first-order chi connectivity index (χ1) is 18.3.